The van der Waals surface area contributed by atoms with Gasteiger partial charge in [0.15, 0.2) is 6.04 Å². The van der Waals surface area contributed by atoms with E-state index in [0.29, 0.717) is 13.0 Å². The minimum atomic E-state index is -4.44. The first-order chi connectivity index (χ1) is 10.9. The number of nitrogens with zero attached hydrogens (tertiary/aromatic N) is 4. The maximum absolute atomic E-state index is 12.8. The summed E-state index contributed by atoms with van der Waals surface area (Å²) in [6.07, 6.45) is -2.15. The van der Waals surface area contributed by atoms with Crippen molar-refractivity contribution in [3.63, 3.8) is 0 Å². The third-order valence-electron chi connectivity index (χ3n) is 3.66. The molecule has 3 rings (SSSR count). The lowest BCUT2D eigenvalue weighted by atomic mass is 10.1. The molecule has 0 aliphatic carbocycles. The molecule has 2 aromatic rings. The zero-order valence-corrected chi connectivity index (χ0v) is 12.0. The summed E-state index contributed by atoms with van der Waals surface area (Å²) in [5, 5.41) is 14.5. The van der Waals surface area contributed by atoms with Gasteiger partial charge in [-0.05, 0) is 36.6 Å². The van der Waals surface area contributed by atoms with Crippen LogP contribution in [0.15, 0.2) is 24.3 Å². The van der Waals surface area contributed by atoms with Gasteiger partial charge in [0, 0.05) is 12.1 Å². The Bertz CT molecular complexity index is 712. The molecule has 23 heavy (non-hydrogen) atoms. The van der Waals surface area contributed by atoms with E-state index in [1.165, 1.54) is 16.9 Å². The molecule has 9 heteroatoms. The fourth-order valence-electron chi connectivity index (χ4n) is 2.45. The quantitative estimate of drug-likeness (QED) is 0.919. The lowest BCUT2D eigenvalue weighted by Gasteiger charge is -2.10. The first-order valence-corrected chi connectivity index (χ1v) is 7.20. The van der Waals surface area contributed by atoms with Crippen LogP contribution in [0.3, 0.4) is 0 Å². The summed E-state index contributed by atoms with van der Waals surface area (Å²) in [7, 11) is 0. The van der Waals surface area contributed by atoms with Crippen molar-refractivity contribution < 1.29 is 18.0 Å². The molecule has 1 atom stereocenters. The molecule has 0 spiro atoms. The van der Waals surface area contributed by atoms with Gasteiger partial charge in [-0.25, -0.2) is 0 Å². The van der Waals surface area contributed by atoms with Crippen LogP contribution in [-0.2, 0) is 11.0 Å². The number of carbonyl (C=O) groups excluding carboxylic acids is 1. The molecule has 6 nitrogen and oxygen atoms in total. The summed E-state index contributed by atoms with van der Waals surface area (Å²) in [6, 6.07) is 4.13. The minimum Gasteiger partial charge on any atom is -0.354 e. The van der Waals surface area contributed by atoms with Crippen LogP contribution >= 0.6 is 0 Å². The van der Waals surface area contributed by atoms with Crippen molar-refractivity contribution in [3.05, 3.63) is 29.8 Å². The zero-order valence-electron chi connectivity index (χ0n) is 12.0. The molecule has 1 aromatic heterocycles. The highest BCUT2D eigenvalue weighted by Crippen LogP contribution is 2.31. The van der Waals surface area contributed by atoms with E-state index >= 15 is 0 Å². The van der Waals surface area contributed by atoms with Crippen molar-refractivity contribution in [1.29, 1.82) is 0 Å². The number of hydrogen-bond acceptors (Lipinski definition) is 4. The van der Waals surface area contributed by atoms with Crippen molar-refractivity contribution in [2.45, 2.75) is 31.5 Å². The molecule has 1 N–H and O–H groups in total. The molecule has 122 valence electrons. The average molecular weight is 325 g/mol. The summed E-state index contributed by atoms with van der Waals surface area (Å²) in [4.78, 5) is 13.1. The first kappa shape index (κ1) is 15.4. The summed E-state index contributed by atoms with van der Waals surface area (Å²) in [5.41, 5.74) is -0.571. The van der Waals surface area contributed by atoms with Crippen LogP contribution in [0.5, 0.6) is 0 Å². The van der Waals surface area contributed by atoms with Gasteiger partial charge >= 0.3 is 6.18 Å². The van der Waals surface area contributed by atoms with Gasteiger partial charge in [0.2, 0.25) is 11.7 Å². The van der Waals surface area contributed by atoms with E-state index in [9.17, 15) is 18.0 Å². The van der Waals surface area contributed by atoms with Gasteiger partial charge in [0.05, 0.1) is 5.56 Å². The number of aromatic nitrogens is 4. The van der Waals surface area contributed by atoms with E-state index in [4.69, 9.17) is 0 Å². The largest absolute Gasteiger partial charge is 0.416 e. The van der Waals surface area contributed by atoms with Gasteiger partial charge < -0.3 is 5.32 Å². The minimum absolute atomic E-state index is 0.0631. The highest BCUT2D eigenvalue weighted by molar-refractivity contribution is 5.80. The van der Waals surface area contributed by atoms with Crippen molar-refractivity contribution in [1.82, 2.24) is 25.5 Å². The van der Waals surface area contributed by atoms with Crippen LogP contribution in [0.25, 0.3) is 11.4 Å². The number of halogens is 3. The van der Waals surface area contributed by atoms with Crippen LogP contribution in [0.2, 0.25) is 0 Å². The summed E-state index contributed by atoms with van der Waals surface area (Å²) in [5.74, 6) is -0.136. The number of hydrogen-bond donors (Lipinski definition) is 1. The van der Waals surface area contributed by atoms with Gasteiger partial charge in [-0.3, -0.25) is 4.79 Å². The molecule has 0 radical (unpaired) electrons. The maximum atomic E-state index is 12.8. The first-order valence-electron chi connectivity index (χ1n) is 7.20. The van der Waals surface area contributed by atoms with Crippen molar-refractivity contribution in [3.8, 4) is 11.4 Å². The van der Waals surface area contributed by atoms with Crippen molar-refractivity contribution in [2.75, 3.05) is 6.54 Å². The number of rotatable bonds is 2. The number of alkyl halides is 3. The third kappa shape index (κ3) is 3.33. The Balaban J connectivity index is 1.88. The van der Waals surface area contributed by atoms with Crippen molar-refractivity contribution >= 4 is 5.91 Å². The molecule has 1 saturated heterocycles. The van der Waals surface area contributed by atoms with Gasteiger partial charge in [-0.1, -0.05) is 12.1 Å². The molecule has 1 aliphatic heterocycles. The van der Waals surface area contributed by atoms with Crippen LogP contribution in [0, 0.1) is 0 Å². The second kappa shape index (κ2) is 5.98. The highest BCUT2D eigenvalue weighted by Gasteiger charge is 2.31. The maximum Gasteiger partial charge on any atom is 0.416 e. The lowest BCUT2D eigenvalue weighted by molar-refractivity contribution is -0.137. The zero-order chi connectivity index (χ0) is 16.4. The smallest absolute Gasteiger partial charge is 0.354 e. The normalized spacial score (nSPS) is 19.3. The topological polar surface area (TPSA) is 72.7 Å². The fourth-order valence-corrected chi connectivity index (χ4v) is 2.45. The Kier molecular flexibility index (Phi) is 4.01. The van der Waals surface area contributed by atoms with Gasteiger partial charge in [0.25, 0.3) is 0 Å². The summed E-state index contributed by atoms with van der Waals surface area (Å²) < 4.78 is 38.3. The van der Waals surface area contributed by atoms with Crippen LogP contribution in [0.1, 0.15) is 30.9 Å². The number of carbonyl (C=O) groups is 1. The van der Waals surface area contributed by atoms with Gasteiger partial charge in [0.1, 0.15) is 0 Å². The van der Waals surface area contributed by atoms with Crippen LogP contribution in [0.4, 0.5) is 13.2 Å². The van der Waals surface area contributed by atoms with Gasteiger partial charge in [-0.15, -0.1) is 10.2 Å². The number of amides is 1. The number of nitrogens with one attached hydrogen (secondary N) is 1. The van der Waals surface area contributed by atoms with Crippen LogP contribution in [-0.4, -0.2) is 32.7 Å². The monoisotopic (exact) mass is 325 g/mol. The molecule has 1 amide bonds. The van der Waals surface area contributed by atoms with E-state index in [-0.39, 0.29) is 17.3 Å². The molecule has 1 aliphatic rings. The SMILES string of the molecule is O=C1NCCCCC1n1nnc(-c2cccc(C(F)(F)F)c2)n1. The van der Waals surface area contributed by atoms with Crippen molar-refractivity contribution in [2.24, 2.45) is 0 Å². The molecule has 2 heterocycles. The standard InChI is InChI=1S/C14H14F3N5O/c15-14(16,17)10-5-3-4-9(8-10)12-19-21-22(20-12)11-6-1-2-7-18-13(11)23/h3-5,8,11H,1-2,6-7H2,(H,18,23). The van der Waals surface area contributed by atoms with E-state index in [1.54, 1.807) is 0 Å². The molecular weight excluding hydrogens is 311 g/mol. The summed E-state index contributed by atoms with van der Waals surface area (Å²) in [6.45, 7) is 0.602. The molecule has 0 bridgehead atoms. The molecule has 1 aromatic carbocycles. The second-order valence-corrected chi connectivity index (χ2v) is 5.31. The number of tetrazole rings is 1. The molecule has 1 unspecified atom stereocenters. The Labute approximate surface area is 129 Å². The van der Waals surface area contributed by atoms with E-state index < -0.39 is 17.8 Å². The Morgan fingerprint density at radius 2 is 2.09 bits per heavy atom. The van der Waals surface area contributed by atoms with E-state index in [1.807, 2.05) is 0 Å². The predicted molar refractivity (Wildman–Crippen MR) is 74.2 cm³/mol. The Morgan fingerprint density at radius 3 is 2.87 bits per heavy atom. The second-order valence-electron chi connectivity index (χ2n) is 5.31. The van der Waals surface area contributed by atoms with Crippen LogP contribution < -0.4 is 5.32 Å². The Hall–Kier alpha value is -2.45. The molecule has 0 saturated carbocycles. The third-order valence-corrected chi connectivity index (χ3v) is 3.66. The van der Waals surface area contributed by atoms with Gasteiger partial charge in [-0.2, -0.15) is 18.0 Å². The summed E-state index contributed by atoms with van der Waals surface area (Å²) >= 11 is 0. The lowest BCUT2D eigenvalue weighted by Crippen LogP contribution is -2.32. The Morgan fingerprint density at radius 1 is 1.26 bits per heavy atom. The average Bonchev–Trinajstić information content (AvgIpc) is 2.90. The fraction of sp³-hybridized carbons (Fsp3) is 0.429. The highest BCUT2D eigenvalue weighted by atomic mass is 19.4. The molecule has 1 fully saturated rings. The molecular formula is C14H14F3N5O. The van der Waals surface area contributed by atoms with E-state index in [0.717, 1.165) is 25.0 Å². The number of benzene rings is 1. The predicted octanol–water partition coefficient (Wildman–Crippen LogP) is 2.20. The van der Waals surface area contributed by atoms with E-state index in [2.05, 4.69) is 20.7 Å².